The Balaban J connectivity index is 2.67. The highest BCUT2D eigenvalue weighted by Gasteiger charge is 2.26. The zero-order valence-corrected chi connectivity index (χ0v) is 7.23. The largest absolute Gasteiger partial charge is 0.465 e. The van der Waals surface area contributed by atoms with Crippen LogP contribution in [0.3, 0.4) is 0 Å². The highest BCUT2D eigenvalue weighted by Crippen LogP contribution is 2.08. The van der Waals surface area contributed by atoms with Gasteiger partial charge in [-0.3, -0.25) is 9.59 Å². The van der Waals surface area contributed by atoms with E-state index in [0.29, 0.717) is 0 Å². The molecule has 0 bridgehead atoms. The number of ether oxygens (including phenoxy) is 2. The van der Waals surface area contributed by atoms with Gasteiger partial charge in [0.05, 0.1) is 12.9 Å². The zero-order valence-electron chi connectivity index (χ0n) is 7.23. The first kappa shape index (κ1) is 9.51. The van der Waals surface area contributed by atoms with Gasteiger partial charge in [-0.1, -0.05) is 12.2 Å². The Labute approximate surface area is 75.8 Å². The fraction of sp³-hybridized carbons (Fsp3) is 0.333. The summed E-state index contributed by atoms with van der Waals surface area (Å²) in [6.45, 7) is 1.94. The maximum absolute atomic E-state index is 11.2. The van der Waals surface area contributed by atoms with Crippen molar-refractivity contribution in [1.82, 2.24) is 0 Å². The topological polar surface area (TPSA) is 52.6 Å². The van der Waals surface area contributed by atoms with Gasteiger partial charge in [0.15, 0.2) is 5.92 Å². The summed E-state index contributed by atoms with van der Waals surface area (Å²) < 4.78 is 9.29. The van der Waals surface area contributed by atoms with Crippen LogP contribution in [0.2, 0.25) is 0 Å². The van der Waals surface area contributed by atoms with Crippen molar-refractivity contribution in [1.29, 1.82) is 0 Å². The number of esters is 2. The van der Waals surface area contributed by atoms with E-state index in [-0.39, 0.29) is 6.61 Å². The lowest BCUT2D eigenvalue weighted by atomic mass is 10.1. The lowest BCUT2D eigenvalue weighted by molar-refractivity contribution is -0.156. The van der Waals surface area contributed by atoms with Crippen LogP contribution in [-0.2, 0) is 19.1 Å². The smallest absolute Gasteiger partial charge is 0.329 e. The average molecular weight is 182 g/mol. The molecule has 0 N–H and O–H groups in total. The molecule has 0 fully saturated rings. The van der Waals surface area contributed by atoms with Crippen molar-refractivity contribution >= 4 is 11.9 Å². The number of allylic oxidation sites excluding steroid dienone is 2. The van der Waals surface area contributed by atoms with Crippen LogP contribution < -0.4 is 0 Å². The maximum atomic E-state index is 11.2. The molecule has 0 aliphatic carbocycles. The molecule has 0 aromatic carbocycles. The molecule has 1 rings (SSSR count). The van der Waals surface area contributed by atoms with E-state index in [4.69, 9.17) is 0 Å². The number of hydrogen-bond donors (Lipinski definition) is 0. The number of carbonyl (C=O) groups excluding carboxylic acids is 2. The molecule has 0 spiro atoms. The van der Waals surface area contributed by atoms with Crippen LogP contribution >= 0.6 is 0 Å². The van der Waals surface area contributed by atoms with E-state index in [2.05, 4.69) is 9.47 Å². The minimum absolute atomic E-state index is 0.254. The SMILES string of the molecule is CCOC(=O)C1C=CC=COC1=O. The molecule has 4 heteroatoms. The van der Waals surface area contributed by atoms with Crippen molar-refractivity contribution in [2.75, 3.05) is 6.61 Å². The van der Waals surface area contributed by atoms with Crippen LogP contribution in [0.25, 0.3) is 0 Å². The molecular formula is C9H10O4. The summed E-state index contributed by atoms with van der Waals surface area (Å²) in [7, 11) is 0. The zero-order chi connectivity index (χ0) is 9.68. The van der Waals surface area contributed by atoms with E-state index in [1.54, 1.807) is 13.0 Å². The molecule has 0 saturated carbocycles. The van der Waals surface area contributed by atoms with Crippen molar-refractivity contribution < 1.29 is 19.1 Å². The Morgan fingerprint density at radius 2 is 2.38 bits per heavy atom. The van der Waals surface area contributed by atoms with E-state index < -0.39 is 17.9 Å². The molecule has 1 aliphatic rings. The first-order valence-corrected chi connectivity index (χ1v) is 3.96. The second-order valence-electron chi connectivity index (χ2n) is 2.38. The van der Waals surface area contributed by atoms with Crippen molar-refractivity contribution in [3.05, 3.63) is 24.5 Å². The highest BCUT2D eigenvalue weighted by molar-refractivity contribution is 5.97. The molecule has 0 radical (unpaired) electrons. The van der Waals surface area contributed by atoms with Crippen molar-refractivity contribution in [2.24, 2.45) is 5.92 Å². The summed E-state index contributed by atoms with van der Waals surface area (Å²) in [4.78, 5) is 22.3. The van der Waals surface area contributed by atoms with Crippen LogP contribution in [0.15, 0.2) is 24.5 Å². The molecule has 1 aliphatic heterocycles. The van der Waals surface area contributed by atoms with Crippen LogP contribution in [-0.4, -0.2) is 18.5 Å². The predicted molar refractivity (Wildman–Crippen MR) is 44.5 cm³/mol. The van der Waals surface area contributed by atoms with Crippen molar-refractivity contribution in [3.63, 3.8) is 0 Å². The van der Waals surface area contributed by atoms with Gasteiger partial charge >= 0.3 is 11.9 Å². The van der Waals surface area contributed by atoms with Crippen LogP contribution in [0, 0.1) is 5.92 Å². The summed E-state index contributed by atoms with van der Waals surface area (Å²) >= 11 is 0. The lowest BCUT2D eigenvalue weighted by Crippen LogP contribution is -2.24. The van der Waals surface area contributed by atoms with E-state index >= 15 is 0 Å². The van der Waals surface area contributed by atoms with E-state index in [1.165, 1.54) is 18.4 Å². The maximum Gasteiger partial charge on any atom is 0.329 e. The summed E-state index contributed by atoms with van der Waals surface area (Å²) in [6, 6.07) is 0. The Bertz CT molecular complexity index is 265. The van der Waals surface area contributed by atoms with Gasteiger partial charge < -0.3 is 9.47 Å². The van der Waals surface area contributed by atoms with Gasteiger partial charge in [-0.15, -0.1) is 0 Å². The highest BCUT2D eigenvalue weighted by atomic mass is 16.5. The molecule has 1 unspecified atom stereocenters. The van der Waals surface area contributed by atoms with Crippen LogP contribution in [0.1, 0.15) is 6.92 Å². The molecule has 13 heavy (non-hydrogen) atoms. The fourth-order valence-corrected chi connectivity index (χ4v) is 0.886. The van der Waals surface area contributed by atoms with E-state index in [0.717, 1.165) is 0 Å². The van der Waals surface area contributed by atoms with Crippen molar-refractivity contribution in [2.45, 2.75) is 6.92 Å². The minimum atomic E-state index is -0.935. The van der Waals surface area contributed by atoms with Gasteiger partial charge in [0, 0.05) is 0 Å². The number of rotatable bonds is 2. The van der Waals surface area contributed by atoms with Gasteiger partial charge in [-0.25, -0.2) is 0 Å². The Kier molecular flexibility index (Phi) is 3.25. The molecule has 1 atom stereocenters. The van der Waals surface area contributed by atoms with Gasteiger partial charge in [-0.05, 0) is 13.0 Å². The lowest BCUT2D eigenvalue weighted by Gasteiger charge is -2.07. The number of cyclic esters (lactones) is 1. The standard InChI is InChI=1S/C9H10O4/c1-2-12-8(10)7-5-3-4-6-13-9(7)11/h3-7H,2H2,1H3. The number of hydrogen-bond acceptors (Lipinski definition) is 4. The first-order valence-electron chi connectivity index (χ1n) is 3.96. The Morgan fingerprint density at radius 3 is 3.08 bits per heavy atom. The average Bonchev–Trinajstić information content (AvgIpc) is 2.30. The van der Waals surface area contributed by atoms with E-state index in [1.807, 2.05) is 0 Å². The summed E-state index contributed by atoms with van der Waals surface area (Å²) in [5.41, 5.74) is 0. The van der Waals surface area contributed by atoms with Crippen molar-refractivity contribution in [3.8, 4) is 0 Å². The molecule has 4 nitrogen and oxygen atoms in total. The summed E-state index contributed by atoms with van der Waals surface area (Å²) in [5, 5.41) is 0. The Morgan fingerprint density at radius 1 is 1.62 bits per heavy atom. The second kappa shape index (κ2) is 4.45. The second-order valence-corrected chi connectivity index (χ2v) is 2.38. The van der Waals surface area contributed by atoms with Gasteiger partial charge in [0.2, 0.25) is 0 Å². The quantitative estimate of drug-likeness (QED) is 0.468. The molecule has 0 amide bonds. The first-order chi connectivity index (χ1) is 6.25. The third-order valence-corrected chi connectivity index (χ3v) is 1.47. The Hall–Kier alpha value is -1.58. The number of carbonyl (C=O) groups is 2. The monoisotopic (exact) mass is 182 g/mol. The summed E-state index contributed by atoms with van der Waals surface area (Å²) in [5.74, 6) is -2.12. The van der Waals surface area contributed by atoms with Crippen LogP contribution in [0.5, 0.6) is 0 Å². The summed E-state index contributed by atoms with van der Waals surface area (Å²) in [6.07, 6.45) is 5.80. The minimum Gasteiger partial charge on any atom is -0.465 e. The van der Waals surface area contributed by atoms with Gasteiger partial charge in [-0.2, -0.15) is 0 Å². The molecule has 1 heterocycles. The normalized spacial score (nSPS) is 20.7. The van der Waals surface area contributed by atoms with E-state index in [9.17, 15) is 9.59 Å². The molecule has 0 aromatic heterocycles. The fourth-order valence-electron chi connectivity index (χ4n) is 0.886. The molecule has 0 saturated heterocycles. The molecular weight excluding hydrogens is 172 g/mol. The van der Waals surface area contributed by atoms with Gasteiger partial charge in [0.1, 0.15) is 0 Å². The third kappa shape index (κ3) is 2.43. The molecule has 0 aromatic rings. The molecule has 70 valence electrons. The van der Waals surface area contributed by atoms with Gasteiger partial charge in [0.25, 0.3) is 0 Å². The predicted octanol–water partition coefficient (Wildman–Crippen LogP) is 0.792. The third-order valence-electron chi connectivity index (χ3n) is 1.47. The van der Waals surface area contributed by atoms with Crippen LogP contribution in [0.4, 0.5) is 0 Å².